The van der Waals surface area contributed by atoms with Gasteiger partial charge in [-0.05, 0) is 56.6 Å². The highest BCUT2D eigenvalue weighted by molar-refractivity contribution is 6.30. The Morgan fingerprint density at radius 1 is 0.919 bits per heavy atom. The molecule has 188 valence electrons. The molecule has 1 aromatic heterocycles. The predicted octanol–water partition coefficient (Wildman–Crippen LogP) is 4.93. The Labute approximate surface area is 216 Å². The van der Waals surface area contributed by atoms with Gasteiger partial charge in [0.1, 0.15) is 18.1 Å². The van der Waals surface area contributed by atoms with E-state index in [-0.39, 0.29) is 6.61 Å². The maximum absolute atomic E-state index is 6.01. The van der Waals surface area contributed by atoms with Crippen molar-refractivity contribution in [1.29, 1.82) is 0 Å². The molecule has 0 saturated heterocycles. The fourth-order valence-electron chi connectivity index (χ4n) is 4.35. The van der Waals surface area contributed by atoms with E-state index in [1.54, 1.807) is 14.2 Å². The number of nitrogens with one attached hydrogen (secondary N) is 1. The van der Waals surface area contributed by atoms with Gasteiger partial charge in [-0.15, -0.1) is 0 Å². The van der Waals surface area contributed by atoms with E-state index in [1.807, 2.05) is 74.8 Å². The highest BCUT2D eigenvalue weighted by Crippen LogP contribution is 2.45. The van der Waals surface area contributed by atoms with E-state index < -0.39 is 0 Å². The summed E-state index contributed by atoms with van der Waals surface area (Å²) in [4.78, 5) is 11.4. The zero-order chi connectivity index (χ0) is 25.8. The van der Waals surface area contributed by atoms with Crippen molar-refractivity contribution in [3.05, 3.63) is 77.4 Å². The molecule has 1 N–H and O–H groups in total. The Hall–Kier alpha value is -4.41. The second kappa shape index (κ2) is 10.7. The van der Waals surface area contributed by atoms with Crippen LogP contribution in [0.3, 0.4) is 0 Å². The SMILES string of the molecule is COc1cc2c(cc1OC)-c1[nH]c3ccc(OCCN(C)C)cc3c1/C2=N\OCC#Cc1ccccc1. The molecule has 0 aliphatic heterocycles. The Morgan fingerprint density at radius 3 is 2.41 bits per heavy atom. The highest BCUT2D eigenvalue weighted by Gasteiger charge is 2.32. The quantitative estimate of drug-likeness (QED) is 0.188. The normalized spacial score (nSPS) is 12.7. The summed E-state index contributed by atoms with van der Waals surface area (Å²) >= 11 is 0. The number of ether oxygens (including phenoxy) is 3. The van der Waals surface area contributed by atoms with Gasteiger partial charge < -0.3 is 28.9 Å². The summed E-state index contributed by atoms with van der Waals surface area (Å²) in [5, 5.41) is 5.56. The van der Waals surface area contributed by atoms with Crippen molar-refractivity contribution in [1.82, 2.24) is 9.88 Å². The van der Waals surface area contributed by atoms with E-state index in [2.05, 4.69) is 26.9 Å². The minimum Gasteiger partial charge on any atom is -0.493 e. The fourth-order valence-corrected chi connectivity index (χ4v) is 4.35. The van der Waals surface area contributed by atoms with Gasteiger partial charge in [-0.2, -0.15) is 0 Å². The molecule has 0 unspecified atom stereocenters. The van der Waals surface area contributed by atoms with Gasteiger partial charge >= 0.3 is 0 Å². The summed E-state index contributed by atoms with van der Waals surface area (Å²) in [7, 11) is 7.31. The summed E-state index contributed by atoms with van der Waals surface area (Å²) in [5.41, 5.74) is 6.41. The summed E-state index contributed by atoms with van der Waals surface area (Å²) in [6, 6.07) is 19.8. The lowest BCUT2D eigenvalue weighted by atomic mass is 10.1. The maximum Gasteiger partial charge on any atom is 0.177 e. The Kier molecular flexibility index (Phi) is 7.02. The molecule has 1 aliphatic carbocycles. The first-order valence-electron chi connectivity index (χ1n) is 12.0. The van der Waals surface area contributed by atoms with Gasteiger partial charge in [-0.1, -0.05) is 35.2 Å². The first kappa shape index (κ1) is 24.3. The van der Waals surface area contributed by atoms with Crippen molar-refractivity contribution in [2.24, 2.45) is 5.16 Å². The molecule has 3 aromatic carbocycles. The van der Waals surface area contributed by atoms with E-state index in [4.69, 9.17) is 19.0 Å². The van der Waals surface area contributed by atoms with Crippen LogP contribution >= 0.6 is 0 Å². The van der Waals surface area contributed by atoms with E-state index >= 15 is 0 Å². The number of methoxy groups -OCH3 is 2. The largest absolute Gasteiger partial charge is 0.493 e. The molecular formula is C30H29N3O4. The molecule has 5 rings (SSSR count). The Morgan fingerprint density at radius 2 is 1.68 bits per heavy atom. The zero-order valence-electron chi connectivity index (χ0n) is 21.4. The molecule has 37 heavy (non-hydrogen) atoms. The summed E-state index contributed by atoms with van der Waals surface area (Å²) in [6.45, 7) is 1.60. The molecule has 1 aliphatic rings. The number of rotatable bonds is 8. The van der Waals surface area contributed by atoms with Crippen molar-refractivity contribution >= 4 is 16.6 Å². The lowest BCUT2D eigenvalue weighted by Crippen LogP contribution is -2.19. The van der Waals surface area contributed by atoms with Gasteiger partial charge in [-0.25, -0.2) is 0 Å². The molecule has 7 heteroatoms. The van der Waals surface area contributed by atoms with E-state index in [0.29, 0.717) is 23.8 Å². The van der Waals surface area contributed by atoms with E-state index in [1.165, 1.54) is 0 Å². The lowest BCUT2D eigenvalue weighted by molar-refractivity contribution is 0.180. The molecule has 0 spiro atoms. The molecule has 1 heterocycles. The fraction of sp³-hybridized carbons (Fsp3) is 0.233. The van der Waals surface area contributed by atoms with Crippen LogP contribution in [0, 0.1) is 11.8 Å². The number of hydrogen-bond donors (Lipinski definition) is 1. The number of hydrogen-bond acceptors (Lipinski definition) is 6. The molecule has 0 amide bonds. The average Bonchev–Trinajstić information content (AvgIpc) is 3.42. The van der Waals surface area contributed by atoms with E-state index in [0.717, 1.165) is 51.1 Å². The first-order valence-corrected chi connectivity index (χ1v) is 12.0. The smallest absolute Gasteiger partial charge is 0.177 e. The molecule has 0 fully saturated rings. The van der Waals surface area contributed by atoms with Crippen LogP contribution in [0.4, 0.5) is 0 Å². The standard InChI is InChI=1S/C30H29N3O4/c1-33(2)14-16-36-21-12-13-25-24(17-21)28-29(31-25)22-18-26(34-3)27(35-4)19-23(22)30(28)32-37-15-8-11-20-9-6-5-7-10-20/h5-7,9-10,12-13,17-19,31H,14-16H2,1-4H3/b32-30-. The number of H-pyrrole nitrogens is 1. The predicted molar refractivity (Wildman–Crippen MR) is 146 cm³/mol. The summed E-state index contributed by atoms with van der Waals surface area (Å²) in [6.07, 6.45) is 0. The number of oxime groups is 1. The van der Waals surface area contributed by atoms with Crippen LogP contribution in [0.2, 0.25) is 0 Å². The monoisotopic (exact) mass is 495 g/mol. The number of aromatic amines is 1. The van der Waals surface area contributed by atoms with Gasteiger partial charge in [0.25, 0.3) is 0 Å². The third kappa shape index (κ3) is 4.97. The average molecular weight is 496 g/mol. The van der Waals surface area contributed by atoms with Crippen LogP contribution in [0.1, 0.15) is 16.7 Å². The minimum atomic E-state index is 0.164. The zero-order valence-corrected chi connectivity index (χ0v) is 21.4. The van der Waals surface area contributed by atoms with Crippen LogP contribution in [-0.4, -0.2) is 63.7 Å². The molecule has 0 atom stereocenters. The minimum absolute atomic E-state index is 0.164. The van der Waals surface area contributed by atoms with E-state index in [9.17, 15) is 0 Å². The number of nitrogens with zero attached hydrogens (tertiary/aromatic N) is 2. The third-order valence-electron chi connectivity index (χ3n) is 6.16. The second-order valence-electron chi connectivity index (χ2n) is 8.87. The second-order valence-corrected chi connectivity index (χ2v) is 8.87. The van der Waals surface area contributed by atoms with Gasteiger partial charge in [-0.3, -0.25) is 0 Å². The molecule has 0 bridgehead atoms. The molecule has 4 aromatic rings. The number of benzene rings is 3. The summed E-state index contributed by atoms with van der Waals surface area (Å²) in [5.74, 6) is 8.20. The van der Waals surface area contributed by atoms with Crippen molar-refractivity contribution < 1.29 is 19.0 Å². The van der Waals surface area contributed by atoms with Crippen molar-refractivity contribution in [2.45, 2.75) is 0 Å². The maximum atomic E-state index is 6.01. The lowest BCUT2D eigenvalue weighted by Gasteiger charge is -2.12. The highest BCUT2D eigenvalue weighted by atomic mass is 16.6. The van der Waals surface area contributed by atoms with Gasteiger partial charge in [0.2, 0.25) is 0 Å². The van der Waals surface area contributed by atoms with Crippen molar-refractivity contribution in [3.63, 3.8) is 0 Å². The van der Waals surface area contributed by atoms with Crippen LogP contribution in [0.25, 0.3) is 22.2 Å². The summed E-state index contributed by atoms with van der Waals surface area (Å²) < 4.78 is 17.2. The van der Waals surface area contributed by atoms with Gasteiger partial charge in [0.15, 0.2) is 18.1 Å². The van der Waals surface area contributed by atoms with Crippen molar-refractivity contribution in [2.75, 3.05) is 48.1 Å². The third-order valence-corrected chi connectivity index (χ3v) is 6.16. The number of likely N-dealkylation sites (N-methyl/N-ethyl adjacent to an activating group) is 1. The van der Waals surface area contributed by atoms with Crippen LogP contribution in [0.5, 0.6) is 17.2 Å². The molecule has 7 nitrogen and oxygen atoms in total. The van der Waals surface area contributed by atoms with Gasteiger partial charge in [0.05, 0.1) is 19.9 Å². The molecule has 0 radical (unpaired) electrons. The van der Waals surface area contributed by atoms with Crippen LogP contribution in [0.15, 0.2) is 65.8 Å². The Bertz CT molecular complexity index is 1510. The molecular weight excluding hydrogens is 466 g/mol. The van der Waals surface area contributed by atoms with Crippen LogP contribution < -0.4 is 14.2 Å². The van der Waals surface area contributed by atoms with Crippen molar-refractivity contribution in [3.8, 4) is 40.3 Å². The number of aromatic nitrogens is 1. The van der Waals surface area contributed by atoms with Gasteiger partial charge in [0, 0.05) is 39.7 Å². The topological polar surface area (TPSA) is 68.3 Å². The Balaban J connectivity index is 1.53. The number of fused-ring (bicyclic) bond motifs is 5. The first-order chi connectivity index (χ1) is 18.1. The van der Waals surface area contributed by atoms with Crippen LogP contribution in [-0.2, 0) is 4.84 Å². The molecule has 0 saturated carbocycles.